The van der Waals surface area contributed by atoms with Gasteiger partial charge in [-0.15, -0.1) is 0 Å². The van der Waals surface area contributed by atoms with E-state index in [1.807, 2.05) is 37.3 Å². The largest absolute Gasteiger partial charge is 0.497 e. The molecule has 1 amide bonds. The Morgan fingerprint density at radius 2 is 1.73 bits per heavy atom. The molecule has 1 aliphatic rings. The molecule has 2 unspecified atom stereocenters. The van der Waals surface area contributed by atoms with Crippen LogP contribution in [-0.2, 0) is 14.8 Å². The van der Waals surface area contributed by atoms with Gasteiger partial charge in [-0.1, -0.05) is 36.4 Å². The van der Waals surface area contributed by atoms with Crippen molar-refractivity contribution in [3.63, 3.8) is 0 Å². The van der Waals surface area contributed by atoms with Crippen LogP contribution in [0.3, 0.4) is 0 Å². The van der Waals surface area contributed by atoms with Crippen molar-refractivity contribution < 1.29 is 22.7 Å². The lowest BCUT2D eigenvalue weighted by atomic mass is 10.1. The van der Waals surface area contributed by atoms with Crippen molar-refractivity contribution in [2.24, 2.45) is 0 Å². The summed E-state index contributed by atoms with van der Waals surface area (Å²) in [6.07, 6.45) is -0.376. The van der Waals surface area contributed by atoms with Gasteiger partial charge >= 0.3 is 0 Å². The summed E-state index contributed by atoms with van der Waals surface area (Å²) in [5, 5.41) is 0. The summed E-state index contributed by atoms with van der Waals surface area (Å²) in [5.74, 6) is 0.395. The summed E-state index contributed by atoms with van der Waals surface area (Å²) in [5.41, 5.74) is 1.72. The normalized spacial score (nSPS) is 18.5. The molecule has 172 valence electrons. The Bertz CT molecular complexity index is 1210. The molecule has 0 radical (unpaired) electrons. The van der Waals surface area contributed by atoms with Gasteiger partial charge in [0.25, 0.3) is 15.9 Å². The predicted octanol–water partition coefficient (Wildman–Crippen LogP) is 4.10. The lowest BCUT2D eigenvalue weighted by Gasteiger charge is -2.37. The first-order valence-electron chi connectivity index (χ1n) is 10.6. The number of nitrogens with one attached hydrogen (secondary N) is 1. The van der Waals surface area contributed by atoms with Crippen LogP contribution in [0.15, 0.2) is 83.8 Å². The zero-order chi connectivity index (χ0) is 23.4. The number of hydrogen-bond acceptors (Lipinski definition) is 5. The van der Waals surface area contributed by atoms with Gasteiger partial charge in [-0.05, 0) is 55.0 Å². The van der Waals surface area contributed by atoms with Gasteiger partial charge < -0.3 is 14.4 Å². The molecule has 1 N–H and O–H groups in total. The number of sulfonamides is 1. The predicted molar refractivity (Wildman–Crippen MR) is 126 cm³/mol. The van der Waals surface area contributed by atoms with Gasteiger partial charge in [-0.3, -0.25) is 9.52 Å². The molecular formula is C25H26N2O5S. The summed E-state index contributed by atoms with van der Waals surface area (Å²) in [4.78, 5) is 15.0. The van der Waals surface area contributed by atoms with E-state index in [1.54, 1.807) is 48.4 Å². The lowest BCUT2D eigenvalue weighted by molar-refractivity contribution is -0.0691. The molecule has 2 atom stereocenters. The second-order valence-corrected chi connectivity index (χ2v) is 9.60. The molecule has 0 spiro atoms. The zero-order valence-electron chi connectivity index (χ0n) is 18.5. The maximum absolute atomic E-state index is 13.3. The highest BCUT2D eigenvalue weighted by Crippen LogP contribution is 2.27. The second kappa shape index (κ2) is 9.64. The quantitative estimate of drug-likeness (QED) is 0.591. The summed E-state index contributed by atoms with van der Waals surface area (Å²) in [7, 11) is -2.33. The van der Waals surface area contributed by atoms with Gasteiger partial charge in [0, 0.05) is 17.8 Å². The molecule has 4 rings (SSSR count). The van der Waals surface area contributed by atoms with E-state index in [2.05, 4.69) is 4.72 Å². The molecule has 7 nitrogen and oxygen atoms in total. The number of nitrogens with zero attached hydrogens (tertiary/aromatic N) is 1. The molecule has 0 saturated carbocycles. The number of hydrogen-bond donors (Lipinski definition) is 1. The number of amides is 1. The zero-order valence-corrected chi connectivity index (χ0v) is 19.3. The molecule has 1 fully saturated rings. The van der Waals surface area contributed by atoms with E-state index < -0.39 is 10.0 Å². The lowest BCUT2D eigenvalue weighted by Crippen LogP contribution is -2.46. The number of anilines is 1. The van der Waals surface area contributed by atoms with E-state index in [0.717, 1.165) is 5.56 Å². The van der Waals surface area contributed by atoms with Crippen LogP contribution in [0.25, 0.3) is 0 Å². The third-order valence-electron chi connectivity index (χ3n) is 5.45. The minimum atomic E-state index is -3.87. The maximum Gasteiger partial charge on any atom is 0.261 e. The van der Waals surface area contributed by atoms with E-state index in [4.69, 9.17) is 9.47 Å². The summed E-state index contributed by atoms with van der Waals surface area (Å²) < 4.78 is 39.5. The van der Waals surface area contributed by atoms with Gasteiger partial charge in [0.2, 0.25) is 0 Å². The van der Waals surface area contributed by atoms with E-state index in [1.165, 1.54) is 12.1 Å². The highest BCUT2D eigenvalue weighted by molar-refractivity contribution is 7.92. The number of benzene rings is 3. The first-order valence-corrected chi connectivity index (χ1v) is 12.1. The minimum Gasteiger partial charge on any atom is -0.497 e. The van der Waals surface area contributed by atoms with E-state index >= 15 is 0 Å². The van der Waals surface area contributed by atoms with Crippen molar-refractivity contribution >= 4 is 21.6 Å². The van der Waals surface area contributed by atoms with Crippen molar-refractivity contribution in [1.82, 2.24) is 4.90 Å². The first kappa shape index (κ1) is 22.8. The van der Waals surface area contributed by atoms with E-state index in [9.17, 15) is 13.2 Å². The molecule has 1 saturated heterocycles. The molecule has 0 aromatic heterocycles. The number of ether oxygens (including phenoxy) is 2. The Morgan fingerprint density at radius 1 is 1.00 bits per heavy atom. The van der Waals surface area contributed by atoms with Gasteiger partial charge in [-0.2, -0.15) is 0 Å². The molecule has 0 bridgehead atoms. The van der Waals surface area contributed by atoms with Gasteiger partial charge in [0.15, 0.2) is 0 Å². The van der Waals surface area contributed by atoms with Crippen molar-refractivity contribution in [2.75, 3.05) is 24.9 Å². The van der Waals surface area contributed by atoms with Crippen molar-refractivity contribution in [1.29, 1.82) is 0 Å². The van der Waals surface area contributed by atoms with Crippen molar-refractivity contribution in [2.45, 2.75) is 24.0 Å². The fourth-order valence-corrected chi connectivity index (χ4v) is 4.93. The standard InChI is InChI=1S/C25H26N2O5S/c1-18-16-27(17-24(32-18)19-7-4-3-5-8-19)25(28)20-9-6-10-23(15-20)33(29,30)26-21-11-13-22(31-2)14-12-21/h3-15,18,24,26H,16-17H2,1-2H3. The summed E-state index contributed by atoms with van der Waals surface area (Å²) >= 11 is 0. The fraction of sp³-hybridized carbons (Fsp3) is 0.240. The van der Waals surface area contributed by atoms with E-state index in [0.29, 0.717) is 30.1 Å². The monoisotopic (exact) mass is 466 g/mol. The third-order valence-corrected chi connectivity index (χ3v) is 6.83. The van der Waals surface area contributed by atoms with Crippen molar-refractivity contribution in [3.8, 4) is 5.75 Å². The smallest absolute Gasteiger partial charge is 0.261 e. The molecule has 3 aromatic rings. The first-order chi connectivity index (χ1) is 15.9. The summed E-state index contributed by atoms with van der Waals surface area (Å²) in [6, 6.07) is 22.4. The molecule has 8 heteroatoms. The SMILES string of the molecule is COc1ccc(NS(=O)(=O)c2cccc(C(=O)N3CC(C)OC(c4ccccc4)C3)c2)cc1. The molecule has 1 heterocycles. The second-order valence-electron chi connectivity index (χ2n) is 7.92. The number of carbonyl (C=O) groups excluding carboxylic acids is 1. The number of methoxy groups -OCH3 is 1. The van der Waals surface area contributed by atoms with Crippen LogP contribution in [0.5, 0.6) is 5.75 Å². The van der Waals surface area contributed by atoms with Crippen LogP contribution in [-0.4, -0.2) is 45.5 Å². The van der Waals surface area contributed by atoms with Gasteiger partial charge in [0.1, 0.15) is 11.9 Å². The topological polar surface area (TPSA) is 84.9 Å². The highest BCUT2D eigenvalue weighted by atomic mass is 32.2. The van der Waals surface area contributed by atoms with Crippen LogP contribution >= 0.6 is 0 Å². The maximum atomic E-state index is 13.3. The third kappa shape index (κ3) is 5.35. The Kier molecular flexibility index (Phi) is 6.67. The molecule has 1 aliphatic heterocycles. The van der Waals surface area contributed by atoms with E-state index in [-0.39, 0.29) is 23.0 Å². The minimum absolute atomic E-state index is 0.0186. The number of rotatable bonds is 6. The molecular weight excluding hydrogens is 440 g/mol. The highest BCUT2D eigenvalue weighted by Gasteiger charge is 2.30. The molecule has 33 heavy (non-hydrogen) atoms. The molecule has 3 aromatic carbocycles. The number of carbonyl (C=O) groups is 1. The van der Waals surface area contributed by atoms with Crippen LogP contribution in [0.4, 0.5) is 5.69 Å². The van der Waals surface area contributed by atoms with Crippen LogP contribution in [0.1, 0.15) is 28.9 Å². The van der Waals surface area contributed by atoms with Crippen LogP contribution in [0.2, 0.25) is 0 Å². The van der Waals surface area contributed by atoms with Crippen LogP contribution in [0, 0.1) is 0 Å². The van der Waals surface area contributed by atoms with Gasteiger partial charge in [0.05, 0.1) is 24.7 Å². The Hall–Kier alpha value is -3.36. The average Bonchev–Trinajstić information content (AvgIpc) is 2.84. The van der Waals surface area contributed by atoms with Crippen LogP contribution < -0.4 is 9.46 Å². The fourth-order valence-electron chi connectivity index (χ4n) is 3.82. The Morgan fingerprint density at radius 3 is 2.42 bits per heavy atom. The average molecular weight is 467 g/mol. The Balaban J connectivity index is 1.53. The molecule has 0 aliphatic carbocycles. The number of morpholine rings is 1. The summed E-state index contributed by atoms with van der Waals surface area (Å²) in [6.45, 7) is 2.76. The Labute approximate surface area is 194 Å². The van der Waals surface area contributed by atoms with Gasteiger partial charge in [-0.25, -0.2) is 8.42 Å². The van der Waals surface area contributed by atoms with Crippen molar-refractivity contribution in [3.05, 3.63) is 90.0 Å².